The standard InChI is InChI=1S/C25H24N2O2/c1-18-11-13-19(14-12-18)16-27-17-21(15-24(27)28)25(29)26-23-10-6-5-9-22(23)20-7-3-2-4-8-20/h2-14,21H,15-17H2,1H3,(H,26,29). The maximum Gasteiger partial charge on any atom is 0.229 e. The number of hydrogen-bond donors (Lipinski definition) is 1. The largest absolute Gasteiger partial charge is 0.338 e. The summed E-state index contributed by atoms with van der Waals surface area (Å²) < 4.78 is 0. The molecule has 0 aliphatic carbocycles. The normalized spacial score (nSPS) is 16.1. The molecule has 4 rings (SSSR count). The van der Waals surface area contributed by atoms with Gasteiger partial charge in [0, 0.05) is 30.8 Å². The Morgan fingerprint density at radius 3 is 2.41 bits per heavy atom. The Kier molecular flexibility index (Phi) is 5.43. The van der Waals surface area contributed by atoms with Gasteiger partial charge in [0.2, 0.25) is 11.8 Å². The van der Waals surface area contributed by atoms with Crippen molar-refractivity contribution in [2.24, 2.45) is 5.92 Å². The SMILES string of the molecule is Cc1ccc(CN2CC(C(=O)Nc3ccccc3-c3ccccc3)CC2=O)cc1. The van der Waals surface area contributed by atoms with Crippen LogP contribution >= 0.6 is 0 Å². The summed E-state index contributed by atoms with van der Waals surface area (Å²) in [7, 11) is 0. The van der Waals surface area contributed by atoms with Crippen LogP contribution in [-0.2, 0) is 16.1 Å². The fourth-order valence-electron chi connectivity index (χ4n) is 3.71. The Morgan fingerprint density at radius 1 is 0.966 bits per heavy atom. The van der Waals surface area contributed by atoms with E-state index < -0.39 is 0 Å². The molecule has 29 heavy (non-hydrogen) atoms. The topological polar surface area (TPSA) is 49.4 Å². The number of carbonyl (C=O) groups excluding carboxylic acids is 2. The molecule has 0 saturated carbocycles. The van der Waals surface area contributed by atoms with Crippen LogP contribution in [0.4, 0.5) is 5.69 Å². The van der Waals surface area contributed by atoms with E-state index in [2.05, 4.69) is 5.32 Å². The van der Waals surface area contributed by atoms with Gasteiger partial charge in [-0.05, 0) is 24.1 Å². The van der Waals surface area contributed by atoms with E-state index in [4.69, 9.17) is 0 Å². The number of nitrogens with one attached hydrogen (secondary N) is 1. The van der Waals surface area contributed by atoms with Crippen molar-refractivity contribution in [3.05, 3.63) is 90.0 Å². The third-order valence-electron chi connectivity index (χ3n) is 5.35. The number of carbonyl (C=O) groups is 2. The molecule has 1 N–H and O–H groups in total. The van der Waals surface area contributed by atoms with Crippen LogP contribution in [-0.4, -0.2) is 23.3 Å². The van der Waals surface area contributed by atoms with Crippen LogP contribution in [0.1, 0.15) is 17.5 Å². The molecule has 1 aliphatic heterocycles. The van der Waals surface area contributed by atoms with Crippen LogP contribution in [0, 0.1) is 12.8 Å². The highest BCUT2D eigenvalue weighted by Gasteiger charge is 2.34. The maximum atomic E-state index is 12.9. The van der Waals surface area contributed by atoms with E-state index in [0.29, 0.717) is 13.1 Å². The van der Waals surface area contributed by atoms with E-state index in [1.807, 2.05) is 85.8 Å². The van der Waals surface area contributed by atoms with Gasteiger partial charge in [0.15, 0.2) is 0 Å². The summed E-state index contributed by atoms with van der Waals surface area (Å²) in [6, 6.07) is 25.9. The minimum Gasteiger partial charge on any atom is -0.338 e. The van der Waals surface area contributed by atoms with Crippen molar-refractivity contribution in [3.63, 3.8) is 0 Å². The highest BCUT2D eigenvalue weighted by molar-refractivity contribution is 5.99. The minimum atomic E-state index is -0.336. The van der Waals surface area contributed by atoms with Gasteiger partial charge >= 0.3 is 0 Å². The lowest BCUT2D eigenvalue weighted by atomic mass is 10.0. The summed E-state index contributed by atoms with van der Waals surface area (Å²) in [5.74, 6) is -0.410. The first kappa shape index (κ1) is 18.9. The molecule has 0 radical (unpaired) electrons. The first-order valence-corrected chi connectivity index (χ1v) is 9.89. The lowest BCUT2D eigenvalue weighted by Crippen LogP contribution is -2.28. The van der Waals surface area contributed by atoms with Crippen molar-refractivity contribution in [2.45, 2.75) is 19.9 Å². The van der Waals surface area contributed by atoms with E-state index in [9.17, 15) is 9.59 Å². The van der Waals surface area contributed by atoms with Crippen LogP contribution in [0.5, 0.6) is 0 Å². The zero-order valence-electron chi connectivity index (χ0n) is 16.5. The summed E-state index contributed by atoms with van der Waals surface area (Å²) in [4.78, 5) is 27.1. The molecular formula is C25H24N2O2. The van der Waals surface area contributed by atoms with Crippen LogP contribution in [0.2, 0.25) is 0 Å². The Labute approximate surface area is 171 Å². The number of benzene rings is 3. The number of anilines is 1. The number of hydrogen-bond acceptors (Lipinski definition) is 2. The molecule has 4 heteroatoms. The molecule has 1 saturated heterocycles. The number of rotatable bonds is 5. The smallest absolute Gasteiger partial charge is 0.229 e. The van der Waals surface area contributed by atoms with Gasteiger partial charge in [-0.2, -0.15) is 0 Å². The van der Waals surface area contributed by atoms with E-state index in [1.165, 1.54) is 5.56 Å². The average molecular weight is 384 g/mol. The molecule has 146 valence electrons. The number of aryl methyl sites for hydroxylation is 1. The summed E-state index contributed by atoms with van der Waals surface area (Å²) in [5, 5.41) is 3.05. The molecule has 1 aliphatic rings. The van der Waals surface area contributed by atoms with Crippen molar-refractivity contribution in [2.75, 3.05) is 11.9 Å². The molecule has 1 atom stereocenters. The second kappa shape index (κ2) is 8.31. The van der Waals surface area contributed by atoms with Crippen molar-refractivity contribution in [1.29, 1.82) is 0 Å². The summed E-state index contributed by atoms with van der Waals surface area (Å²) in [6.07, 6.45) is 0.255. The van der Waals surface area contributed by atoms with Crippen LogP contribution in [0.3, 0.4) is 0 Å². The van der Waals surface area contributed by atoms with E-state index in [1.54, 1.807) is 4.90 Å². The second-order valence-electron chi connectivity index (χ2n) is 7.56. The fraction of sp³-hybridized carbons (Fsp3) is 0.200. The molecule has 4 nitrogen and oxygen atoms in total. The first-order valence-electron chi connectivity index (χ1n) is 9.89. The molecular weight excluding hydrogens is 360 g/mol. The number of nitrogens with zero attached hydrogens (tertiary/aromatic N) is 1. The fourth-order valence-corrected chi connectivity index (χ4v) is 3.71. The molecule has 0 spiro atoms. The van der Waals surface area contributed by atoms with Crippen LogP contribution in [0.25, 0.3) is 11.1 Å². The van der Waals surface area contributed by atoms with E-state index >= 15 is 0 Å². The zero-order chi connectivity index (χ0) is 20.2. The van der Waals surface area contributed by atoms with Crippen molar-refractivity contribution in [1.82, 2.24) is 4.90 Å². The van der Waals surface area contributed by atoms with Gasteiger partial charge in [-0.15, -0.1) is 0 Å². The van der Waals surface area contributed by atoms with Gasteiger partial charge in [0.25, 0.3) is 0 Å². The predicted octanol–water partition coefficient (Wildman–Crippen LogP) is 4.65. The molecule has 1 unspecified atom stereocenters. The molecule has 3 aromatic rings. The monoisotopic (exact) mass is 384 g/mol. The maximum absolute atomic E-state index is 12.9. The van der Waals surface area contributed by atoms with E-state index in [-0.39, 0.29) is 24.2 Å². The van der Waals surface area contributed by atoms with Gasteiger partial charge in [0.1, 0.15) is 0 Å². The highest BCUT2D eigenvalue weighted by Crippen LogP contribution is 2.29. The summed E-state index contributed by atoms with van der Waals surface area (Å²) in [5.41, 5.74) is 5.07. The molecule has 1 heterocycles. The Balaban J connectivity index is 1.45. The third-order valence-corrected chi connectivity index (χ3v) is 5.35. The van der Waals surface area contributed by atoms with Gasteiger partial charge in [-0.1, -0.05) is 78.4 Å². The lowest BCUT2D eigenvalue weighted by molar-refractivity contribution is -0.128. The zero-order valence-corrected chi connectivity index (χ0v) is 16.5. The van der Waals surface area contributed by atoms with Crippen molar-refractivity contribution < 1.29 is 9.59 Å². The highest BCUT2D eigenvalue weighted by atomic mass is 16.2. The summed E-state index contributed by atoms with van der Waals surface area (Å²) >= 11 is 0. The number of amides is 2. The first-order chi connectivity index (χ1) is 14.1. The van der Waals surface area contributed by atoms with E-state index in [0.717, 1.165) is 22.4 Å². The second-order valence-corrected chi connectivity index (χ2v) is 7.56. The third kappa shape index (κ3) is 4.37. The minimum absolute atomic E-state index is 0.0297. The van der Waals surface area contributed by atoms with Gasteiger partial charge in [0.05, 0.1) is 5.92 Å². The summed E-state index contributed by atoms with van der Waals surface area (Å²) in [6.45, 7) is 3.04. The Hall–Kier alpha value is -3.40. The Bertz CT molecular complexity index is 1010. The van der Waals surface area contributed by atoms with Crippen LogP contribution in [0.15, 0.2) is 78.9 Å². The number of likely N-dealkylation sites (tertiary alicyclic amines) is 1. The van der Waals surface area contributed by atoms with Crippen molar-refractivity contribution in [3.8, 4) is 11.1 Å². The van der Waals surface area contributed by atoms with Crippen molar-refractivity contribution >= 4 is 17.5 Å². The van der Waals surface area contributed by atoms with Gasteiger partial charge in [-0.25, -0.2) is 0 Å². The lowest BCUT2D eigenvalue weighted by Gasteiger charge is -2.17. The molecule has 0 aromatic heterocycles. The average Bonchev–Trinajstić information content (AvgIpc) is 3.11. The molecule has 1 fully saturated rings. The molecule has 2 amide bonds. The van der Waals surface area contributed by atoms with Crippen LogP contribution < -0.4 is 5.32 Å². The quantitative estimate of drug-likeness (QED) is 0.696. The molecule has 3 aromatic carbocycles. The Morgan fingerprint density at radius 2 is 1.66 bits per heavy atom. The number of para-hydroxylation sites is 1. The van der Waals surface area contributed by atoms with Gasteiger partial charge < -0.3 is 10.2 Å². The predicted molar refractivity (Wildman–Crippen MR) is 115 cm³/mol. The molecule has 0 bridgehead atoms. The van der Waals surface area contributed by atoms with Gasteiger partial charge in [-0.3, -0.25) is 9.59 Å².